The molecule has 1 aliphatic rings. The summed E-state index contributed by atoms with van der Waals surface area (Å²) in [5.41, 5.74) is -0.897. The molecule has 5 nitrogen and oxygen atoms in total. The maximum Gasteiger partial charge on any atom is 0.420 e. The topological polar surface area (TPSA) is 55.8 Å². The van der Waals surface area contributed by atoms with Crippen molar-refractivity contribution >= 4 is 17.6 Å². The number of ether oxygens (including phenoxy) is 2. The van der Waals surface area contributed by atoms with Crippen LogP contribution in [0.5, 0.6) is 5.75 Å². The van der Waals surface area contributed by atoms with Crippen LogP contribution in [0.3, 0.4) is 0 Å². The van der Waals surface area contributed by atoms with Crippen LogP contribution in [-0.4, -0.2) is 32.6 Å². The highest BCUT2D eigenvalue weighted by Crippen LogP contribution is 2.39. The summed E-state index contributed by atoms with van der Waals surface area (Å²) in [6.45, 7) is -0.00483. The summed E-state index contributed by atoms with van der Waals surface area (Å²) in [5.74, 6) is -1.98. The Morgan fingerprint density at radius 3 is 2.55 bits per heavy atom. The molecule has 0 radical (unpaired) electrons. The SMILES string of the molecule is COC(=O)C1CC(=O)N(c2ccc(OC)c(C(F)(F)F)c2)C1. The van der Waals surface area contributed by atoms with E-state index in [1.54, 1.807) is 0 Å². The van der Waals surface area contributed by atoms with Gasteiger partial charge in [-0.25, -0.2) is 0 Å². The first-order valence-corrected chi connectivity index (χ1v) is 6.41. The predicted octanol–water partition coefficient (Wildman–Crippen LogP) is 2.24. The first-order chi connectivity index (χ1) is 10.3. The van der Waals surface area contributed by atoms with Crippen LogP contribution in [0.1, 0.15) is 12.0 Å². The molecule has 0 bridgehead atoms. The Balaban J connectivity index is 2.34. The molecule has 0 aliphatic carbocycles. The molecule has 120 valence electrons. The molecule has 8 heteroatoms. The average Bonchev–Trinajstić information content (AvgIpc) is 2.86. The molecule has 1 aromatic rings. The van der Waals surface area contributed by atoms with Gasteiger partial charge < -0.3 is 14.4 Å². The fourth-order valence-electron chi connectivity index (χ4n) is 2.37. The van der Waals surface area contributed by atoms with Gasteiger partial charge >= 0.3 is 12.1 Å². The van der Waals surface area contributed by atoms with Gasteiger partial charge in [0.05, 0.1) is 25.7 Å². The van der Waals surface area contributed by atoms with Gasteiger partial charge in [0, 0.05) is 18.7 Å². The van der Waals surface area contributed by atoms with Gasteiger partial charge in [-0.2, -0.15) is 13.2 Å². The predicted molar refractivity (Wildman–Crippen MR) is 70.5 cm³/mol. The van der Waals surface area contributed by atoms with E-state index >= 15 is 0 Å². The van der Waals surface area contributed by atoms with Gasteiger partial charge in [-0.3, -0.25) is 9.59 Å². The summed E-state index contributed by atoms with van der Waals surface area (Å²) in [6.07, 6.45) is -4.69. The smallest absolute Gasteiger partial charge is 0.420 e. The minimum absolute atomic E-state index is 0.00483. The van der Waals surface area contributed by atoms with Crippen LogP contribution in [0.15, 0.2) is 18.2 Å². The van der Waals surface area contributed by atoms with E-state index in [2.05, 4.69) is 4.74 Å². The van der Waals surface area contributed by atoms with E-state index < -0.39 is 29.5 Å². The Morgan fingerprint density at radius 2 is 2.00 bits per heavy atom. The quantitative estimate of drug-likeness (QED) is 0.802. The number of alkyl halides is 3. The fraction of sp³-hybridized carbons (Fsp3) is 0.429. The van der Waals surface area contributed by atoms with Crippen molar-refractivity contribution in [3.63, 3.8) is 0 Å². The zero-order valence-corrected chi connectivity index (χ0v) is 11.9. The lowest BCUT2D eigenvalue weighted by molar-refractivity contribution is -0.145. The van der Waals surface area contributed by atoms with Gasteiger partial charge in [0.1, 0.15) is 5.75 Å². The Hall–Kier alpha value is -2.25. The number of amides is 1. The molecule has 0 spiro atoms. The standard InChI is InChI=1S/C14H14F3NO4/c1-21-11-4-3-9(6-10(11)14(15,16)17)18-7-8(5-12(18)19)13(20)22-2/h3-4,6,8H,5,7H2,1-2H3. The van der Waals surface area contributed by atoms with E-state index in [0.717, 1.165) is 24.1 Å². The summed E-state index contributed by atoms with van der Waals surface area (Å²) in [7, 11) is 2.34. The number of anilines is 1. The van der Waals surface area contributed by atoms with Crippen molar-refractivity contribution in [1.29, 1.82) is 0 Å². The van der Waals surface area contributed by atoms with Crippen molar-refractivity contribution in [2.75, 3.05) is 25.7 Å². The van der Waals surface area contributed by atoms with Crippen LogP contribution in [0.4, 0.5) is 18.9 Å². The Kier molecular flexibility index (Phi) is 4.30. The van der Waals surface area contributed by atoms with Crippen molar-refractivity contribution in [3.8, 4) is 5.75 Å². The van der Waals surface area contributed by atoms with Crippen LogP contribution < -0.4 is 9.64 Å². The Morgan fingerprint density at radius 1 is 1.32 bits per heavy atom. The molecular formula is C14H14F3NO4. The highest BCUT2D eigenvalue weighted by atomic mass is 19.4. The second-order valence-electron chi connectivity index (χ2n) is 4.81. The Bertz CT molecular complexity index is 600. The van der Waals surface area contributed by atoms with E-state index in [-0.39, 0.29) is 24.4 Å². The summed E-state index contributed by atoms with van der Waals surface area (Å²) < 4.78 is 48.3. The molecule has 0 N–H and O–H groups in total. The number of hydrogen-bond acceptors (Lipinski definition) is 4. The first kappa shape index (κ1) is 16.1. The average molecular weight is 317 g/mol. The molecular weight excluding hydrogens is 303 g/mol. The van der Waals surface area contributed by atoms with E-state index in [1.165, 1.54) is 13.2 Å². The lowest BCUT2D eigenvalue weighted by Crippen LogP contribution is -2.26. The normalized spacial score (nSPS) is 18.5. The van der Waals surface area contributed by atoms with Gasteiger partial charge in [-0.1, -0.05) is 0 Å². The third kappa shape index (κ3) is 3.00. The number of nitrogens with zero attached hydrogens (tertiary/aromatic N) is 1. The molecule has 1 aliphatic heterocycles. The highest BCUT2D eigenvalue weighted by Gasteiger charge is 2.38. The summed E-state index contributed by atoms with van der Waals surface area (Å²) in [4.78, 5) is 24.5. The Labute approximate surface area is 124 Å². The van der Waals surface area contributed by atoms with E-state index in [1.807, 2.05) is 0 Å². The molecule has 2 rings (SSSR count). The monoisotopic (exact) mass is 317 g/mol. The molecule has 1 unspecified atom stereocenters. The minimum Gasteiger partial charge on any atom is -0.496 e. The number of halogens is 3. The molecule has 1 saturated heterocycles. The van der Waals surface area contributed by atoms with Crippen molar-refractivity contribution < 1.29 is 32.2 Å². The molecule has 1 fully saturated rings. The number of esters is 1. The number of carbonyl (C=O) groups is 2. The first-order valence-electron chi connectivity index (χ1n) is 6.41. The highest BCUT2D eigenvalue weighted by molar-refractivity contribution is 5.99. The van der Waals surface area contributed by atoms with E-state index in [0.29, 0.717) is 0 Å². The van der Waals surface area contributed by atoms with Crippen LogP contribution in [0.2, 0.25) is 0 Å². The number of benzene rings is 1. The van der Waals surface area contributed by atoms with E-state index in [9.17, 15) is 22.8 Å². The van der Waals surface area contributed by atoms with Gasteiger partial charge in [-0.15, -0.1) is 0 Å². The summed E-state index contributed by atoms with van der Waals surface area (Å²) in [6, 6.07) is 3.35. The minimum atomic E-state index is -4.61. The zero-order valence-electron chi connectivity index (χ0n) is 11.9. The third-order valence-electron chi connectivity index (χ3n) is 3.46. The van der Waals surface area contributed by atoms with Crippen molar-refractivity contribution in [1.82, 2.24) is 0 Å². The van der Waals surface area contributed by atoms with Crippen molar-refractivity contribution in [3.05, 3.63) is 23.8 Å². The fourth-order valence-corrected chi connectivity index (χ4v) is 2.37. The van der Waals surface area contributed by atoms with Crippen LogP contribution >= 0.6 is 0 Å². The van der Waals surface area contributed by atoms with Crippen molar-refractivity contribution in [2.24, 2.45) is 5.92 Å². The van der Waals surface area contributed by atoms with Gasteiger partial charge in [-0.05, 0) is 18.2 Å². The molecule has 0 saturated carbocycles. The van der Waals surface area contributed by atoms with Gasteiger partial charge in [0.25, 0.3) is 0 Å². The number of rotatable bonds is 3. The van der Waals surface area contributed by atoms with Gasteiger partial charge in [0.15, 0.2) is 0 Å². The largest absolute Gasteiger partial charge is 0.496 e. The molecule has 0 aromatic heterocycles. The van der Waals surface area contributed by atoms with Crippen LogP contribution in [0.25, 0.3) is 0 Å². The lowest BCUT2D eigenvalue weighted by Gasteiger charge is -2.19. The van der Waals surface area contributed by atoms with Gasteiger partial charge in [0.2, 0.25) is 5.91 Å². The zero-order chi connectivity index (χ0) is 16.5. The second-order valence-corrected chi connectivity index (χ2v) is 4.81. The lowest BCUT2D eigenvalue weighted by atomic mass is 10.1. The van der Waals surface area contributed by atoms with Crippen LogP contribution in [0, 0.1) is 5.92 Å². The third-order valence-corrected chi connectivity index (χ3v) is 3.46. The number of carbonyl (C=O) groups excluding carboxylic acids is 2. The maximum absolute atomic E-state index is 13.0. The van der Waals surface area contributed by atoms with Crippen LogP contribution in [-0.2, 0) is 20.5 Å². The van der Waals surface area contributed by atoms with E-state index in [4.69, 9.17) is 4.74 Å². The van der Waals surface area contributed by atoms with Crippen molar-refractivity contribution in [2.45, 2.75) is 12.6 Å². The molecule has 1 heterocycles. The number of hydrogen-bond donors (Lipinski definition) is 0. The molecule has 1 atom stereocenters. The molecule has 1 aromatic carbocycles. The number of methoxy groups -OCH3 is 2. The maximum atomic E-state index is 13.0. The molecule has 1 amide bonds. The summed E-state index contributed by atoms with van der Waals surface area (Å²) in [5, 5.41) is 0. The molecule has 22 heavy (non-hydrogen) atoms. The second kappa shape index (κ2) is 5.86. The summed E-state index contributed by atoms with van der Waals surface area (Å²) >= 11 is 0.